The molecule has 0 amide bonds. The maximum absolute atomic E-state index is 13.1. The lowest BCUT2D eigenvalue weighted by atomic mass is 9.96. The maximum Gasteiger partial charge on any atom is 0.416 e. The first kappa shape index (κ1) is 27.3. The van der Waals surface area contributed by atoms with Crippen molar-refractivity contribution in [2.75, 3.05) is 23.3 Å². The predicted molar refractivity (Wildman–Crippen MR) is 132 cm³/mol. The summed E-state index contributed by atoms with van der Waals surface area (Å²) in [5, 5.41) is 2.84. The maximum atomic E-state index is 13.1. The molecule has 36 heavy (non-hydrogen) atoms. The Kier molecular flexibility index (Phi) is 8.81. The van der Waals surface area contributed by atoms with E-state index in [4.69, 9.17) is 0 Å². The second-order valence-corrected chi connectivity index (χ2v) is 8.72. The Morgan fingerprint density at radius 1 is 1.06 bits per heavy atom. The van der Waals surface area contributed by atoms with Crippen LogP contribution in [0.5, 0.6) is 0 Å². The Morgan fingerprint density at radius 3 is 2.31 bits per heavy atom. The summed E-state index contributed by atoms with van der Waals surface area (Å²) in [7, 11) is 0. The standard InChI is InChI=1S/C26H28F6N4/c1-18-6-8-22(9-7-18)36-14-11-19(12-15-36)16-24(35-23(33-2)10-13-25(27,28)29)34-21-5-3-4-20(17-21)26(30,31)32/h3-9,16-17,19,34H,2,10-15H2,1H3/b24-16-,35-23-. The molecule has 194 valence electrons. The van der Waals surface area contributed by atoms with E-state index in [0.29, 0.717) is 0 Å². The molecule has 0 aromatic heterocycles. The molecule has 1 saturated heterocycles. The SMILES string of the molecule is C=N/C(CCC(F)(F)F)=N\C(=C/C1CCN(c2ccc(C)cc2)CC1)Nc1cccc(C(F)(F)F)c1. The van der Waals surface area contributed by atoms with Crippen molar-refractivity contribution < 1.29 is 26.3 Å². The van der Waals surface area contributed by atoms with Gasteiger partial charge >= 0.3 is 12.4 Å². The highest BCUT2D eigenvalue weighted by Crippen LogP contribution is 2.32. The number of amidine groups is 1. The highest BCUT2D eigenvalue weighted by molar-refractivity contribution is 5.87. The first-order chi connectivity index (χ1) is 16.9. The third-order valence-corrected chi connectivity index (χ3v) is 5.86. The molecule has 3 rings (SSSR count). The van der Waals surface area contributed by atoms with Gasteiger partial charge in [-0.2, -0.15) is 26.3 Å². The molecule has 10 heteroatoms. The highest BCUT2D eigenvalue weighted by Gasteiger charge is 2.30. The van der Waals surface area contributed by atoms with Crippen LogP contribution in [0, 0.1) is 12.8 Å². The van der Waals surface area contributed by atoms with E-state index in [1.54, 1.807) is 6.08 Å². The fourth-order valence-corrected chi connectivity index (χ4v) is 3.89. The zero-order valence-electron chi connectivity index (χ0n) is 19.8. The minimum atomic E-state index is -4.53. The summed E-state index contributed by atoms with van der Waals surface area (Å²) in [4.78, 5) is 10.1. The molecule has 2 aromatic carbocycles. The lowest BCUT2D eigenvalue weighted by molar-refractivity contribution is -0.137. The van der Waals surface area contributed by atoms with E-state index in [1.807, 2.05) is 19.1 Å². The average Bonchev–Trinajstić information content (AvgIpc) is 2.82. The minimum absolute atomic E-state index is 0.0254. The Labute approximate surface area is 206 Å². The first-order valence-electron chi connectivity index (χ1n) is 11.5. The van der Waals surface area contributed by atoms with E-state index in [9.17, 15) is 26.3 Å². The molecule has 0 atom stereocenters. The number of piperidine rings is 1. The largest absolute Gasteiger partial charge is 0.416 e. The van der Waals surface area contributed by atoms with Crippen molar-refractivity contribution >= 4 is 23.9 Å². The van der Waals surface area contributed by atoms with Gasteiger partial charge in [-0.25, -0.2) is 9.98 Å². The normalized spacial score (nSPS) is 16.2. The van der Waals surface area contributed by atoms with Gasteiger partial charge in [0, 0.05) is 30.9 Å². The van der Waals surface area contributed by atoms with Gasteiger partial charge in [0.25, 0.3) is 0 Å². The van der Waals surface area contributed by atoms with Crippen molar-refractivity contribution in [3.63, 3.8) is 0 Å². The monoisotopic (exact) mass is 510 g/mol. The smallest absolute Gasteiger partial charge is 0.371 e. The molecule has 0 spiro atoms. The van der Waals surface area contributed by atoms with Crippen LogP contribution in [0.15, 0.2) is 70.4 Å². The van der Waals surface area contributed by atoms with Crippen molar-refractivity contribution in [3.05, 3.63) is 71.6 Å². The third kappa shape index (κ3) is 8.42. The van der Waals surface area contributed by atoms with Gasteiger partial charge in [0.2, 0.25) is 0 Å². The Balaban J connectivity index is 1.81. The predicted octanol–water partition coefficient (Wildman–Crippen LogP) is 7.63. The summed E-state index contributed by atoms with van der Waals surface area (Å²) in [5.41, 5.74) is 1.54. The second-order valence-electron chi connectivity index (χ2n) is 8.72. The van der Waals surface area contributed by atoms with Gasteiger partial charge in [0.15, 0.2) is 0 Å². The summed E-state index contributed by atoms with van der Waals surface area (Å²) in [6.07, 6.45) is -7.30. The van der Waals surface area contributed by atoms with Gasteiger partial charge in [0.05, 0.1) is 12.0 Å². The number of anilines is 2. The van der Waals surface area contributed by atoms with Crippen LogP contribution in [0.4, 0.5) is 37.7 Å². The fraction of sp³-hybridized carbons (Fsp3) is 0.385. The number of benzene rings is 2. The Morgan fingerprint density at radius 2 is 1.72 bits per heavy atom. The molecule has 4 nitrogen and oxygen atoms in total. The van der Waals surface area contributed by atoms with Crippen molar-refractivity contribution in [1.82, 2.24) is 0 Å². The minimum Gasteiger partial charge on any atom is -0.371 e. The zero-order valence-corrected chi connectivity index (χ0v) is 19.8. The van der Waals surface area contributed by atoms with Gasteiger partial charge in [-0.05, 0) is 68.8 Å². The molecular formula is C26H28F6N4. The molecule has 0 radical (unpaired) electrons. The lowest BCUT2D eigenvalue weighted by Gasteiger charge is -2.32. The molecule has 0 saturated carbocycles. The molecule has 1 heterocycles. The van der Waals surface area contributed by atoms with Gasteiger partial charge < -0.3 is 10.2 Å². The molecule has 1 fully saturated rings. The van der Waals surface area contributed by atoms with E-state index < -0.39 is 30.8 Å². The highest BCUT2D eigenvalue weighted by atomic mass is 19.4. The van der Waals surface area contributed by atoms with Crippen LogP contribution < -0.4 is 10.2 Å². The van der Waals surface area contributed by atoms with Crippen molar-refractivity contribution in [2.24, 2.45) is 15.9 Å². The van der Waals surface area contributed by atoms with E-state index in [1.165, 1.54) is 12.1 Å². The van der Waals surface area contributed by atoms with E-state index >= 15 is 0 Å². The Bertz CT molecular complexity index is 1080. The van der Waals surface area contributed by atoms with Crippen LogP contribution in [0.25, 0.3) is 0 Å². The van der Waals surface area contributed by atoms with E-state index in [2.05, 4.69) is 39.1 Å². The zero-order chi connectivity index (χ0) is 26.3. The van der Waals surface area contributed by atoms with Crippen LogP contribution in [0.3, 0.4) is 0 Å². The fourth-order valence-electron chi connectivity index (χ4n) is 3.89. The second kappa shape index (κ2) is 11.6. The van der Waals surface area contributed by atoms with Crippen molar-refractivity contribution in [1.29, 1.82) is 0 Å². The van der Waals surface area contributed by atoms with Crippen LogP contribution in [0.1, 0.15) is 36.8 Å². The van der Waals surface area contributed by atoms with E-state index in [0.717, 1.165) is 49.3 Å². The number of nitrogens with zero attached hydrogens (tertiary/aromatic N) is 3. The molecule has 0 aliphatic carbocycles. The Hall–Kier alpha value is -3.30. The number of alkyl halides is 6. The van der Waals surface area contributed by atoms with Crippen LogP contribution in [-0.4, -0.2) is 31.8 Å². The molecule has 0 unspecified atom stereocenters. The van der Waals surface area contributed by atoms with Gasteiger partial charge in [-0.1, -0.05) is 23.8 Å². The molecule has 1 aliphatic heterocycles. The first-order valence-corrected chi connectivity index (χ1v) is 11.5. The van der Waals surface area contributed by atoms with Crippen LogP contribution >= 0.6 is 0 Å². The number of nitrogens with one attached hydrogen (secondary N) is 1. The number of allylic oxidation sites excluding steroid dienone is 1. The third-order valence-electron chi connectivity index (χ3n) is 5.86. The quantitative estimate of drug-likeness (QED) is 0.236. The van der Waals surface area contributed by atoms with Gasteiger partial charge in [-0.15, -0.1) is 0 Å². The van der Waals surface area contributed by atoms with Gasteiger partial charge in [0.1, 0.15) is 11.7 Å². The average molecular weight is 511 g/mol. The number of hydrogen-bond acceptors (Lipinski definition) is 3. The molecule has 2 aromatic rings. The lowest BCUT2D eigenvalue weighted by Crippen LogP contribution is -2.33. The topological polar surface area (TPSA) is 40.0 Å². The van der Waals surface area contributed by atoms with Gasteiger partial charge in [-0.3, -0.25) is 0 Å². The number of rotatable bonds is 7. The molecule has 0 bridgehead atoms. The molecule has 1 aliphatic rings. The summed E-state index contributed by atoms with van der Waals surface area (Å²) < 4.78 is 77.6. The van der Waals surface area contributed by atoms with E-state index in [-0.39, 0.29) is 23.3 Å². The summed E-state index contributed by atoms with van der Waals surface area (Å²) in [6.45, 7) is 6.83. The summed E-state index contributed by atoms with van der Waals surface area (Å²) >= 11 is 0. The van der Waals surface area contributed by atoms with Crippen LogP contribution in [0.2, 0.25) is 0 Å². The van der Waals surface area contributed by atoms with Crippen LogP contribution in [-0.2, 0) is 6.18 Å². The number of halogens is 6. The van der Waals surface area contributed by atoms with Crippen molar-refractivity contribution in [3.8, 4) is 0 Å². The number of aliphatic imine (C=N–C) groups is 2. The molecule has 1 N–H and O–H groups in total. The summed E-state index contributed by atoms with van der Waals surface area (Å²) in [5.74, 6) is 0.0280. The van der Waals surface area contributed by atoms with Crippen molar-refractivity contribution in [2.45, 2.75) is 45.0 Å². The molecular weight excluding hydrogens is 482 g/mol. The summed E-state index contributed by atoms with van der Waals surface area (Å²) in [6, 6.07) is 12.8. The number of hydrogen-bond donors (Lipinski definition) is 1. The number of aryl methyl sites for hydroxylation is 1.